The van der Waals surface area contributed by atoms with Gasteiger partial charge in [-0.15, -0.1) is 0 Å². The monoisotopic (exact) mass is 979 g/mol. The third kappa shape index (κ3) is 28.0. The van der Waals surface area contributed by atoms with Gasteiger partial charge < -0.3 is 64.3 Å². The molecule has 1 amide bonds. The number of nitrogens with two attached hydrogens (primary N) is 1. The third-order valence-corrected chi connectivity index (χ3v) is 11.1. The summed E-state index contributed by atoms with van der Waals surface area (Å²) in [6.45, 7) is 26.1. The third-order valence-electron chi connectivity index (χ3n) is 11.1. The Balaban J connectivity index is 0.00000112. The Morgan fingerprint density at radius 2 is 1.10 bits per heavy atom. The molecule has 2 saturated heterocycles. The molecule has 2 heterocycles. The highest BCUT2D eigenvalue weighted by atomic mass is 16.7. The first-order valence-corrected chi connectivity index (χ1v) is 25.0. The lowest BCUT2D eigenvalue weighted by atomic mass is 9.83. The van der Waals surface area contributed by atoms with E-state index in [1.54, 1.807) is 55.4 Å². The lowest BCUT2D eigenvalue weighted by molar-refractivity contribution is -0.292. The fourth-order valence-electron chi connectivity index (χ4n) is 6.90. The summed E-state index contributed by atoms with van der Waals surface area (Å²) in [6, 6.07) is 0. The van der Waals surface area contributed by atoms with Gasteiger partial charge in [0.05, 0.1) is 31.2 Å². The van der Waals surface area contributed by atoms with Crippen LogP contribution in [0.15, 0.2) is 0 Å². The van der Waals surface area contributed by atoms with Crippen molar-refractivity contribution in [2.24, 2.45) is 29.4 Å². The van der Waals surface area contributed by atoms with Crippen molar-refractivity contribution in [3.8, 4) is 0 Å². The summed E-state index contributed by atoms with van der Waals surface area (Å²) in [5.41, 5.74) is 4.10. The number of aliphatic hydroxyl groups excluding tert-OH is 3. The highest BCUT2D eigenvalue weighted by Gasteiger charge is 2.48. The van der Waals surface area contributed by atoms with E-state index in [1.165, 1.54) is 71.6 Å². The highest BCUT2D eigenvalue weighted by molar-refractivity contribution is 5.81. The molecule has 12 atom stereocenters. The summed E-state index contributed by atoms with van der Waals surface area (Å²) in [5, 5.41) is 33.1. The smallest absolute Gasteiger partial charge is 0.311 e. The topological polar surface area (TPSA) is 258 Å². The van der Waals surface area contributed by atoms with Crippen LogP contribution in [0.5, 0.6) is 0 Å². The Morgan fingerprint density at radius 1 is 0.632 bits per heavy atom. The lowest BCUT2D eigenvalue weighted by Gasteiger charge is -2.43. The molecule has 0 aliphatic carbocycles. The zero-order valence-corrected chi connectivity index (χ0v) is 44.2. The van der Waals surface area contributed by atoms with Crippen LogP contribution in [-0.2, 0) is 61.9 Å². The van der Waals surface area contributed by atoms with Gasteiger partial charge in [-0.3, -0.25) is 24.0 Å². The van der Waals surface area contributed by atoms with E-state index in [1.807, 2.05) is 13.8 Å². The van der Waals surface area contributed by atoms with Crippen molar-refractivity contribution in [1.82, 2.24) is 5.32 Å². The van der Waals surface area contributed by atoms with E-state index >= 15 is 0 Å². The number of rotatable bonds is 25. The molecule has 0 aromatic rings. The molecule has 0 aromatic heterocycles. The molecule has 2 aliphatic rings. The molecule has 2 rings (SSSR count). The van der Waals surface area contributed by atoms with Gasteiger partial charge in [0.25, 0.3) is 5.91 Å². The summed E-state index contributed by atoms with van der Waals surface area (Å²) < 4.78 is 43.8. The standard InChI is InChI=1S/C22H41NO8.C20H34O8.C8H19N/c1-6-7-8-9-10-11-12-23-19(27)18-16(25)15(24)17(26)21(30-18)29-13-14(2)20(28)31-22(3,4)5;1-11(18(23)28-20(6,7)8)9-25-19-17(26-15(5)22)13(3)12(2)16(27-19)10-24-14(4)21;1-2-3-4-5-6-7-8-9/h14-18,21,24-26H,6-13H2,1-5H3,(H,23,27);11-13,16-17,19H,9-10H2,1-8H3;2-9H2,1H3/t14?,15-,16-,17?,18?,21-;11?,12-,13-,16?,17?,19-;/m00./s1. The second-order valence-corrected chi connectivity index (χ2v) is 20.2. The molecule has 18 heteroatoms. The number of aliphatic hydroxyl groups is 3. The average molecular weight is 979 g/mol. The van der Waals surface area contributed by atoms with Crippen LogP contribution in [0.1, 0.15) is 174 Å². The Kier molecular flexibility index (Phi) is 32.9. The largest absolute Gasteiger partial charge is 0.463 e. The first kappa shape index (κ1) is 65.0. The summed E-state index contributed by atoms with van der Waals surface area (Å²) >= 11 is 0. The van der Waals surface area contributed by atoms with Gasteiger partial charge in [0, 0.05) is 26.3 Å². The predicted octanol–water partition coefficient (Wildman–Crippen LogP) is 6.04. The molecule has 2 aliphatic heterocycles. The summed E-state index contributed by atoms with van der Waals surface area (Å²) in [6.07, 6.45) is 5.02. The number of carbonyl (C=O) groups excluding carboxylic acids is 5. The van der Waals surface area contributed by atoms with Crippen molar-refractivity contribution in [2.45, 2.75) is 234 Å². The van der Waals surface area contributed by atoms with E-state index < -0.39 is 96.1 Å². The Bertz CT molecular complexity index is 1410. The summed E-state index contributed by atoms with van der Waals surface area (Å²) in [4.78, 5) is 59.3. The number of unbranched alkanes of at least 4 members (excludes halogenated alkanes) is 10. The molecule has 6 unspecified atom stereocenters. The van der Waals surface area contributed by atoms with Crippen molar-refractivity contribution < 1.29 is 77.2 Å². The van der Waals surface area contributed by atoms with Crippen LogP contribution in [-0.4, -0.2) is 138 Å². The second-order valence-electron chi connectivity index (χ2n) is 20.2. The zero-order chi connectivity index (χ0) is 52.2. The van der Waals surface area contributed by atoms with Crippen LogP contribution in [0.3, 0.4) is 0 Å². The van der Waals surface area contributed by atoms with Gasteiger partial charge in [-0.1, -0.05) is 91.9 Å². The molecule has 0 bridgehead atoms. The molecule has 18 nitrogen and oxygen atoms in total. The molecule has 0 saturated carbocycles. The van der Waals surface area contributed by atoms with Crippen molar-refractivity contribution in [2.75, 3.05) is 32.9 Å². The van der Waals surface area contributed by atoms with Crippen LogP contribution in [0.4, 0.5) is 0 Å². The van der Waals surface area contributed by atoms with Crippen LogP contribution in [0.25, 0.3) is 0 Å². The maximum atomic E-state index is 12.4. The molecule has 0 spiro atoms. The number of carbonyl (C=O) groups is 5. The van der Waals surface area contributed by atoms with Crippen molar-refractivity contribution >= 4 is 29.8 Å². The Hall–Kier alpha value is -2.97. The first-order valence-electron chi connectivity index (χ1n) is 25.0. The van der Waals surface area contributed by atoms with Crippen molar-refractivity contribution in [3.05, 3.63) is 0 Å². The van der Waals surface area contributed by atoms with Crippen LogP contribution in [0, 0.1) is 23.7 Å². The molecule has 6 N–H and O–H groups in total. The Morgan fingerprint density at radius 3 is 1.56 bits per heavy atom. The molecule has 400 valence electrons. The van der Waals surface area contributed by atoms with Crippen molar-refractivity contribution in [1.29, 1.82) is 0 Å². The number of nitrogens with one attached hydrogen (secondary N) is 1. The fourth-order valence-corrected chi connectivity index (χ4v) is 6.90. The van der Waals surface area contributed by atoms with E-state index in [4.69, 9.17) is 43.6 Å². The first-order chi connectivity index (χ1) is 31.7. The van der Waals surface area contributed by atoms with Gasteiger partial charge in [-0.25, -0.2) is 0 Å². The number of amides is 1. The van der Waals surface area contributed by atoms with Crippen LogP contribution >= 0.6 is 0 Å². The lowest BCUT2D eigenvalue weighted by Crippen LogP contribution is -2.62. The van der Waals surface area contributed by atoms with Gasteiger partial charge in [-0.05, 0) is 80.7 Å². The molecule has 0 radical (unpaired) electrons. The van der Waals surface area contributed by atoms with Gasteiger partial charge >= 0.3 is 23.9 Å². The normalized spacial score (nSPS) is 25.8. The summed E-state index contributed by atoms with van der Waals surface area (Å²) in [7, 11) is 0. The summed E-state index contributed by atoms with van der Waals surface area (Å²) in [5.74, 6) is -3.60. The van der Waals surface area contributed by atoms with E-state index in [9.17, 15) is 39.3 Å². The zero-order valence-electron chi connectivity index (χ0n) is 44.2. The number of ether oxygens (including phenoxy) is 8. The second kappa shape index (κ2) is 34.4. The minimum absolute atomic E-state index is 0.0353. The minimum Gasteiger partial charge on any atom is -0.463 e. The average Bonchev–Trinajstić information content (AvgIpc) is 3.24. The maximum absolute atomic E-state index is 12.4. The number of hydrogen-bond acceptors (Lipinski definition) is 17. The predicted molar refractivity (Wildman–Crippen MR) is 257 cm³/mol. The number of hydrogen-bond donors (Lipinski definition) is 5. The minimum atomic E-state index is -1.62. The van der Waals surface area contributed by atoms with Gasteiger partial charge in [0.1, 0.15) is 36.1 Å². The Labute approximate surface area is 408 Å². The fraction of sp³-hybridized carbons (Fsp3) is 0.900. The molecular weight excluding hydrogens is 885 g/mol. The molecule has 2 fully saturated rings. The molecule has 0 aromatic carbocycles. The molecular formula is C50H94N2O16. The van der Waals surface area contributed by atoms with Crippen LogP contribution < -0.4 is 11.1 Å². The van der Waals surface area contributed by atoms with E-state index in [0.29, 0.717) is 6.54 Å². The number of esters is 4. The molecule has 68 heavy (non-hydrogen) atoms. The van der Waals surface area contributed by atoms with E-state index in [0.717, 1.165) is 25.8 Å². The maximum Gasteiger partial charge on any atom is 0.311 e. The van der Waals surface area contributed by atoms with Crippen molar-refractivity contribution in [3.63, 3.8) is 0 Å². The van der Waals surface area contributed by atoms with Gasteiger partial charge in [-0.2, -0.15) is 0 Å². The van der Waals surface area contributed by atoms with E-state index in [-0.39, 0.29) is 37.6 Å². The quantitative estimate of drug-likeness (QED) is 0.0397. The van der Waals surface area contributed by atoms with Gasteiger partial charge in [0.2, 0.25) is 0 Å². The van der Waals surface area contributed by atoms with E-state index in [2.05, 4.69) is 19.2 Å². The van der Waals surface area contributed by atoms with Crippen LogP contribution in [0.2, 0.25) is 0 Å². The highest BCUT2D eigenvalue weighted by Crippen LogP contribution is 2.34. The SMILES string of the molecule is CC(=O)OCC1O[C@H](OCC(C)C(=O)OC(C)(C)C)C(OC(C)=O)[C@@H](C)[C@@H]1C.CCCCCCCCN.CCCCCCCCNC(=O)C1O[C@H](OCC(C)C(=O)OC(C)(C)C)C(O)[C@@H](O)[C@@H]1O. The van der Waals surface area contributed by atoms with Gasteiger partial charge in [0.15, 0.2) is 24.8 Å².